The van der Waals surface area contributed by atoms with Crippen LogP contribution in [-0.2, 0) is 4.79 Å². The van der Waals surface area contributed by atoms with Gasteiger partial charge in [-0.25, -0.2) is 0 Å². The van der Waals surface area contributed by atoms with E-state index in [4.69, 9.17) is 9.47 Å². The molecule has 1 amide bonds. The second-order valence-electron chi connectivity index (χ2n) is 5.81. The summed E-state index contributed by atoms with van der Waals surface area (Å²) in [5.41, 5.74) is 2.27. The van der Waals surface area contributed by atoms with Crippen LogP contribution in [0.15, 0.2) is 48.5 Å². The van der Waals surface area contributed by atoms with Gasteiger partial charge in [-0.2, -0.15) is 0 Å². The fraction of sp³-hybridized carbons (Fsp3) is 0.350. The SMILES string of the molecule is CCC(Oc1ccccc1OC)C(=O)NC(C)c1ccc(C)cc1. The number of carbonyl (C=O) groups excluding carboxylic acids is 1. The van der Waals surface area contributed by atoms with Gasteiger partial charge >= 0.3 is 0 Å². The van der Waals surface area contributed by atoms with Crippen LogP contribution in [0.25, 0.3) is 0 Å². The van der Waals surface area contributed by atoms with E-state index in [-0.39, 0.29) is 11.9 Å². The standard InChI is InChI=1S/C20H25NO3/c1-5-17(24-19-9-7-6-8-18(19)23-4)20(22)21-15(3)16-12-10-14(2)11-13-16/h6-13,15,17H,5H2,1-4H3,(H,21,22). The second-order valence-corrected chi connectivity index (χ2v) is 5.81. The maximum absolute atomic E-state index is 12.6. The largest absolute Gasteiger partial charge is 0.493 e. The second kappa shape index (κ2) is 8.39. The van der Waals surface area contributed by atoms with Gasteiger partial charge in [0, 0.05) is 0 Å². The van der Waals surface area contributed by atoms with Gasteiger partial charge in [0.2, 0.25) is 0 Å². The zero-order valence-corrected chi connectivity index (χ0v) is 14.7. The summed E-state index contributed by atoms with van der Waals surface area (Å²) in [5, 5.41) is 3.02. The molecule has 2 unspecified atom stereocenters. The number of benzene rings is 2. The predicted molar refractivity (Wildman–Crippen MR) is 95.4 cm³/mol. The summed E-state index contributed by atoms with van der Waals surface area (Å²) < 4.78 is 11.1. The van der Waals surface area contributed by atoms with Crippen LogP contribution in [0.3, 0.4) is 0 Å². The number of amides is 1. The van der Waals surface area contributed by atoms with Crippen molar-refractivity contribution >= 4 is 5.91 Å². The molecule has 2 aromatic carbocycles. The Hall–Kier alpha value is -2.49. The predicted octanol–water partition coefficient (Wildman–Crippen LogP) is 4.04. The topological polar surface area (TPSA) is 47.6 Å². The lowest BCUT2D eigenvalue weighted by molar-refractivity contribution is -0.128. The molecule has 0 fully saturated rings. The average molecular weight is 327 g/mol. The molecule has 0 radical (unpaired) electrons. The Morgan fingerprint density at radius 1 is 1.08 bits per heavy atom. The minimum atomic E-state index is -0.561. The van der Waals surface area contributed by atoms with E-state index in [1.54, 1.807) is 13.2 Å². The number of hydrogen-bond donors (Lipinski definition) is 1. The molecule has 24 heavy (non-hydrogen) atoms. The van der Waals surface area contributed by atoms with Gasteiger partial charge in [-0.3, -0.25) is 4.79 Å². The molecule has 2 rings (SSSR count). The van der Waals surface area contributed by atoms with Crippen molar-refractivity contribution in [3.05, 3.63) is 59.7 Å². The molecule has 128 valence electrons. The molecule has 1 N–H and O–H groups in total. The molecule has 0 aliphatic heterocycles. The molecular weight excluding hydrogens is 302 g/mol. The smallest absolute Gasteiger partial charge is 0.261 e. The number of hydrogen-bond acceptors (Lipinski definition) is 3. The number of carbonyl (C=O) groups is 1. The van der Waals surface area contributed by atoms with E-state index in [0.29, 0.717) is 17.9 Å². The van der Waals surface area contributed by atoms with E-state index in [1.807, 2.05) is 63.2 Å². The van der Waals surface area contributed by atoms with E-state index in [0.717, 1.165) is 5.56 Å². The highest BCUT2D eigenvalue weighted by Gasteiger charge is 2.21. The molecule has 0 bridgehead atoms. The number of nitrogens with one attached hydrogen (secondary N) is 1. The third-order valence-corrected chi connectivity index (χ3v) is 3.94. The Labute approximate surface area is 143 Å². The summed E-state index contributed by atoms with van der Waals surface area (Å²) >= 11 is 0. The first kappa shape index (κ1) is 17.9. The summed E-state index contributed by atoms with van der Waals surface area (Å²) in [7, 11) is 1.59. The monoisotopic (exact) mass is 327 g/mol. The van der Waals surface area contributed by atoms with Crippen molar-refractivity contribution in [1.29, 1.82) is 0 Å². The lowest BCUT2D eigenvalue weighted by Gasteiger charge is -2.21. The van der Waals surface area contributed by atoms with Crippen LogP contribution in [0.2, 0.25) is 0 Å². The molecule has 4 heteroatoms. The fourth-order valence-corrected chi connectivity index (χ4v) is 2.44. The van der Waals surface area contributed by atoms with Gasteiger partial charge in [0.1, 0.15) is 0 Å². The lowest BCUT2D eigenvalue weighted by atomic mass is 10.1. The minimum absolute atomic E-state index is 0.0755. The van der Waals surface area contributed by atoms with Crippen LogP contribution in [0, 0.1) is 6.92 Å². The molecule has 2 aromatic rings. The Balaban J connectivity index is 2.04. The maximum atomic E-state index is 12.6. The first-order valence-corrected chi connectivity index (χ1v) is 8.21. The summed E-state index contributed by atoms with van der Waals surface area (Å²) in [6.07, 6.45) is 0.0130. The van der Waals surface area contributed by atoms with Crippen molar-refractivity contribution < 1.29 is 14.3 Å². The van der Waals surface area contributed by atoms with Crippen molar-refractivity contribution in [2.45, 2.75) is 39.3 Å². The van der Waals surface area contributed by atoms with E-state index < -0.39 is 6.10 Å². The Morgan fingerprint density at radius 2 is 1.71 bits per heavy atom. The molecule has 0 aliphatic carbocycles. The van der Waals surface area contributed by atoms with E-state index in [1.165, 1.54) is 5.56 Å². The van der Waals surface area contributed by atoms with Crippen molar-refractivity contribution in [3.63, 3.8) is 0 Å². The molecule has 0 heterocycles. The first-order valence-electron chi connectivity index (χ1n) is 8.21. The van der Waals surface area contributed by atoms with E-state index in [2.05, 4.69) is 5.32 Å². The van der Waals surface area contributed by atoms with Gasteiger partial charge in [-0.05, 0) is 38.0 Å². The molecule has 4 nitrogen and oxygen atoms in total. The van der Waals surface area contributed by atoms with Crippen LogP contribution < -0.4 is 14.8 Å². The third-order valence-electron chi connectivity index (χ3n) is 3.94. The zero-order valence-electron chi connectivity index (χ0n) is 14.7. The summed E-state index contributed by atoms with van der Waals surface area (Å²) in [6, 6.07) is 15.4. The van der Waals surface area contributed by atoms with Crippen molar-refractivity contribution in [3.8, 4) is 11.5 Å². The number of aryl methyl sites for hydroxylation is 1. The van der Waals surface area contributed by atoms with Gasteiger partial charge in [0.25, 0.3) is 5.91 Å². The van der Waals surface area contributed by atoms with Crippen LogP contribution in [-0.4, -0.2) is 19.1 Å². The highest BCUT2D eigenvalue weighted by molar-refractivity contribution is 5.81. The van der Waals surface area contributed by atoms with Crippen LogP contribution in [0.4, 0.5) is 0 Å². The van der Waals surface area contributed by atoms with Crippen LogP contribution in [0.1, 0.15) is 37.4 Å². The number of methoxy groups -OCH3 is 1. The normalized spacial score (nSPS) is 13.0. The van der Waals surface area contributed by atoms with Gasteiger partial charge in [-0.15, -0.1) is 0 Å². The quantitative estimate of drug-likeness (QED) is 0.835. The molecular formula is C20H25NO3. The molecule has 0 aliphatic rings. The van der Waals surface area contributed by atoms with Crippen molar-refractivity contribution in [2.24, 2.45) is 0 Å². The summed E-state index contributed by atoms with van der Waals surface area (Å²) in [5.74, 6) is 1.07. The van der Waals surface area contributed by atoms with Crippen molar-refractivity contribution in [2.75, 3.05) is 7.11 Å². The zero-order chi connectivity index (χ0) is 17.5. The van der Waals surface area contributed by atoms with Crippen LogP contribution >= 0.6 is 0 Å². The first-order chi connectivity index (χ1) is 11.5. The van der Waals surface area contributed by atoms with Crippen molar-refractivity contribution in [1.82, 2.24) is 5.32 Å². The van der Waals surface area contributed by atoms with Crippen LogP contribution in [0.5, 0.6) is 11.5 Å². The number of ether oxygens (including phenoxy) is 2. The molecule has 0 spiro atoms. The lowest BCUT2D eigenvalue weighted by Crippen LogP contribution is -2.39. The Bertz CT molecular complexity index is 667. The van der Waals surface area contributed by atoms with Gasteiger partial charge in [0.05, 0.1) is 13.2 Å². The summed E-state index contributed by atoms with van der Waals surface area (Å²) in [6.45, 7) is 5.94. The third kappa shape index (κ3) is 4.51. The fourth-order valence-electron chi connectivity index (χ4n) is 2.44. The number of rotatable bonds is 7. The molecule has 2 atom stereocenters. The molecule has 0 aromatic heterocycles. The molecule has 0 saturated heterocycles. The minimum Gasteiger partial charge on any atom is -0.493 e. The Kier molecular flexibility index (Phi) is 6.24. The van der Waals surface area contributed by atoms with Gasteiger partial charge in [-0.1, -0.05) is 48.9 Å². The van der Waals surface area contributed by atoms with Gasteiger partial charge < -0.3 is 14.8 Å². The number of para-hydroxylation sites is 2. The van der Waals surface area contributed by atoms with Gasteiger partial charge in [0.15, 0.2) is 17.6 Å². The highest BCUT2D eigenvalue weighted by atomic mass is 16.5. The highest BCUT2D eigenvalue weighted by Crippen LogP contribution is 2.27. The van der Waals surface area contributed by atoms with E-state index in [9.17, 15) is 4.79 Å². The Morgan fingerprint density at radius 3 is 2.29 bits per heavy atom. The molecule has 0 saturated carbocycles. The van der Waals surface area contributed by atoms with E-state index >= 15 is 0 Å². The average Bonchev–Trinajstić information content (AvgIpc) is 2.60. The maximum Gasteiger partial charge on any atom is 0.261 e. The summed E-state index contributed by atoms with van der Waals surface area (Å²) in [4.78, 5) is 12.6.